The van der Waals surface area contributed by atoms with Crippen molar-refractivity contribution in [1.29, 1.82) is 0 Å². The number of halogens is 1. The molecule has 2 aromatic heterocycles. The number of aromatic nitrogens is 3. The Bertz CT molecular complexity index is 706. The first kappa shape index (κ1) is 12.2. The summed E-state index contributed by atoms with van der Waals surface area (Å²) in [6.07, 6.45) is 3.40. The first-order valence-corrected chi connectivity index (χ1v) is 6.69. The number of nitrogens with zero attached hydrogens (tertiary/aromatic N) is 2. The number of aromatic amines is 1. The highest BCUT2D eigenvalue weighted by atomic mass is 79.9. The molecule has 1 N–H and O–H groups in total. The molecule has 19 heavy (non-hydrogen) atoms. The van der Waals surface area contributed by atoms with E-state index in [1.807, 2.05) is 30.5 Å². The van der Waals surface area contributed by atoms with Gasteiger partial charge >= 0.3 is 0 Å². The Balaban J connectivity index is 1.85. The van der Waals surface area contributed by atoms with E-state index in [9.17, 15) is 0 Å². The van der Waals surface area contributed by atoms with E-state index >= 15 is 0 Å². The number of fused-ring (bicyclic) bond motifs is 1. The first-order chi connectivity index (χ1) is 9.24. The molecule has 5 heteroatoms. The summed E-state index contributed by atoms with van der Waals surface area (Å²) in [6, 6.07) is 7.97. The molecule has 2 heterocycles. The molecule has 3 aromatic rings. The van der Waals surface area contributed by atoms with Crippen molar-refractivity contribution in [3.8, 4) is 5.75 Å². The molecule has 0 aliphatic heterocycles. The largest absolute Gasteiger partial charge is 0.487 e. The van der Waals surface area contributed by atoms with Gasteiger partial charge in [-0.2, -0.15) is 0 Å². The number of hydrogen-bond acceptors (Lipinski definition) is 3. The second-order valence-electron chi connectivity index (χ2n) is 4.28. The van der Waals surface area contributed by atoms with E-state index in [-0.39, 0.29) is 0 Å². The third-order valence-electron chi connectivity index (χ3n) is 2.90. The zero-order chi connectivity index (χ0) is 13.2. The van der Waals surface area contributed by atoms with E-state index in [1.165, 1.54) is 5.56 Å². The fourth-order valence-electron chi connectivity index (χ4n) is 1.88. The van der Waals surface area contributed by atoms with Gasteiger partial charge in [-0.3, -0.25) is 0 Å². The van der Waals surface area contributed by atoms with Crippen molar-refractivity contribution in [3.05, 3.63) is 52.5 Å². The van der Waals surface area contributed by atoms with Gasteiger partial charge in [0.2, 0.25) is 0 Å². The molecule has 0 radical (unpaired) electrons. The summed E-state index contributed by atoms with van der Waals surface area (Å²) in [5, 5.41) is 0.967. The van der Waals surface area contributed by atoms with Gasteiger partial charge in [-0.1, -0.05) is 17.7 Å². The third kappa shape index (κ3) is 2.46. The highest BCUT2D eigenvalue weighted by molar-refractivity contribution is 9.10. The maximum Gasteiger partial charge on any atom is 0.142 e. The Morgan fingerprint density at radius 1 is 1.21 bits per heavy atom. The lowest BCUT2D eigenvalue weighted by molar-refractivity contribution is 0.303. The van der Waals surface area contributed by atoms with Crippen LogP contribution in [-0.2, 0) is 6.61 Å². The summed E-state index contributed by atoms with van der Waals surface area (Å²) in [5.74, 6) is 0.837. The molecule has 0 unspecified atom stereocenters. The summed E-state index contributed by atoms with van der Waals surface area (Å²) in [4.78, 5) is 11.5. The van der Waals surface area contributed by atoms with Crippen molar-refractivity contribution in [3.63, 3.8) is 0 Å². The van der Waals surface area contributed by atoms with Crippen LogP contribution < -0.4 is 4.74 Å². The minimum Gasteiger partial charge on any atom is -0.487 e. The number of ether oxygens (including phenoxy) is 1. The molecule has 4 nitrogen and oxygen atoms in total. The summed E-state index contributed by atoms with van der Waals surface area (Å²) >= 11 is 3.49. The van der Waals surface area contributed by atoms with Crippen LogP contribution in [-0.4, -0.2) is 15.0 Å². The number of nitrogens with one attached hydrogen (secondary N) is 1. The lowest BCUT2D eigenvalue weighted by Gasteiger charge is -2.06. The van der Waals surface area contributed by atoms with Crippen LogP contribution in [0.5, 0.6) is 5.75 Å². The Morgan fingerprint density at radius 3 is 2.79 bits per heavy atom. The number of aryl methyl sites for hydroxylation is 1. The van der Waals surface area contributed by atoms with E-state index in [2.05, 4.69) is 37.8 Å². The summed E-state index contributed by atoms with van der Waals surface area (Å²) in [5.41, 5.74) is 2.88. The van der Waals surface area contributed by atoms with Gasteiger partial charge in [0, 0.05) is 10.7 Å². The molecule has 3 rings (SSSR count). The maximum absolute atomic E-state index is 5.75. The quantitative estimate of drug-likeness (QED) is 0.802. The Kier molecular flexibility index (Phi) is 3.21. The van der Waals surface area contributed by atoms with Gasteiger partial charge in [0.25, 0.3) is 0 Å². The van der Waals surface area contributed by atoms with Crippen LogP contribution in [0.1, 0.15) is 11.3 Å². The van der Waals surface area contributed by atoms with Gasteiger partial charge in [0.1, 0.15) is 24.3 Å². The van der Waals surface area contributed by atoms with E-state index in [4.69, 9.17) is 4.74 Å². The van der Waals surface area contributed by atoms with E-state index in [0.717, 1.165) is 26.9 Å². The SMILES string of the molecule is Cc1ccc(OCc2ncnc3[nH]cc(Br)c23)cc1. The molecule has 1 aromatic carbocycles. The molecule has 96 valence electrons. The molecular weight excluding hydrogens is 306 g/mol. The zero-order valence-electron chi connectivity index (χ0n) is 10.4. The van der Waals surface area contributed by atoms with Crippen molar-refractivity contribution in [1.82, 2.24) is 15.0 Å². The molecule has 0 aliphatic rings. The van der Waals surface area contributed by atoms with Gasteiger partial charge in [-0.15, -0.1) is 0 Å². The average Bonchev–Trinajstić information content (AvgIpc) is 2.81. The average molecular weight is 318 g/mol. The fraction of sp³-hybridized carbons (Fsp3) is 0.143. The van der Waals surface area contributed by atoms with Gasteiger partial charge in [-0.05, 0) is 35.0 Å². The molecule has 0 saturated heterocycles. The Hall–Kier alpha value is -1.88. The van der Waals surface area contributed by atoms with Crippen molar-refractivity contribution < 1.29 is 4.74 Å². The highest BCUT2D eigenvalue weighted by Gasteiger charge is 2.09. The lowest BCUT2D eigenvalue weighted by atomic mass is 10.2. The molecule has 0 atom stereocenters. The number of benzene rings is 1. The van der Waals surface area contributed by atoms with Crippen LogP contribution in [0, 0.1) is 6.92 Å². The van der Waals surface area contributed by atoms with Crippen LogP contribution in [0.2, 0.25) is 0 Å². The van der Waals surface area contributed by atoms with E-state index in [1.54, 1.807) is 6.33 Å². The van der Waals surface area contributed by atoms with E-state index in [0.29, 0.717) is 6.61 Å². The van der Waals surface area contributed by atoms with Crippen LogP contribution in [0.4, 0.5) is 0 Å². The molecular formula is C14H12BrN3O. The van der Waals surface area contributed by atoms with Crippen LogP contribution >= 0.6 is 15.9 Å². The molecule has 0 spiro atoms. The molecule has 0 bridgehead atoms. The van der Waals surface area contributed by atoms with Gasteiger partial charge in [-0.25, -0.2) is 9.97 Å². The number of H-pyrrole nitrogens is 1. The molecule has 0 aliphatic carbocycles. The number of rotatable bonds is 3. The van der Waals surface area contributed by atoms with Crippen molar-refractivity contribution in [2.75, 3.05) is 0 Å². The van der Waals surface area contributed by atoms with Gasteiger partial charge in [0.15, 0.2) is 0 Å². The summed E-state index contributed by atoms with van der Waals surface area (Å²) in [7, 11) is 0. The van der Waals surface area contributed by atoms with Crippen molar-refractivity contribution in [2.24, 2.45) is 0 Å². The maximum atomic E-state index is 5.75. The first-order valence-electron chi connectivity index (χ1n) is 5.90. The third-order valence-corrected chi connectivity index (χ3v) is 3.52. The lowest BCUT2D eigenvalue weighted by Crippen LogP contribution is -1.99. The van der Waals surface area contributed by atoms with Crippen molar-refractivity contribution >= 4 is 27.0 Å². The monoisotopic (exact) mass is 317 g/mol. The molecule has 0 saturated carbocycles. The van der Waals surface area contributed by atoms with Gasteiger partial charge in [0.05, 0.1) is 11.1 Å². The standard InChI is InChI=1S/C14H12BrN3O/c1-9-2-4-10(5-3-9)19-7-12-13-11(15)6-16-14(13)18-8-17-12/h2-6,8H,7H2,1H3,(H,16,17,18). The van der Waals surface area contributed by atoms with Crippen LogP contribution in [0.3, 0.4) is 0 Å². The second kappa shape index (κ2) is 5.01. The number of hydrogen-bond donors (Lipinski definition) is 1. The molecule has 0 amide bonds. The normalized spacial score (nSPS) is 10.8. The summed E-state index contributed by atoms with van der Waals surface area (Å²) < 4.78 is 6.70. The van der Waals surface area contributed by atoms with Gasteiger partial charge < -0.3 is 9.72 Å². The second-order valence-corrected chi connectivity index (χ2v) is 5.14. The minimum absolute atomic E-state index is 0.415. The Labute approximate surface area is 119 Å². The topological polar surface area (TPSA) is 50.8 Å². The van der Waals surface area contributed by atoms with Crippen LogP contribution in [0.15, 0.2) is 41.3 Å². The predicted octanol–water partition coefficient (Wildman–Crippen LogP) is 3.61. The molecule has 0 fully saturated rings. The Morgan fingerprint density at radius 2 is 2.00 bits per heavy atom. The highest BCUT2D eigenvalue weighted by Crippen LogP contribution is 2.25. The van der Waals surface area contributed by atoms with E-state index < -0.39 is 0 Å². The smallest absolute Gasteiger partial charge is 0.142 e. The van der Waals surface area contributed by atoms with Crippen LogP contribution in [0.25, 0.3) is 11.0 Å². The van der Waals surface area contributed by atoms with Crippen molar-refractivity contribution in [2.45, 2.75) is 13.5 Å². The minimum atomic E-state index is 0.415. The fourth-order valence-corrected chi connectivity index (χ4v) is 2.41. The summed E-state index contributed by atoms with van der Waals surface area (Å²) in [6.45, 7) is 2.47. The zero-order valence-corrected chi connectivity index (χ0v) is 11.9. The predicted molar refractivity (Wildman–Crippen MR) is 77.1 cm³/mol.